The van der Waals surface area contributed by atoms with E-state index in [0.717, 1.165) is 0 Å². The van der Waals surface area contributed by atoms with Crippen LogP contribution in [0.5, 0.6) is 5.75 Å². The third kappa shape index (κ3) is 5.71. The van der Waals surface area contributed by atoms with Crippen molar-refractivity contribution in [3.8, 4) is 5.75 Å². The monoisotopic (exact) mass is 462 g/mol. The first-order valence-electron chi connectivity index (χ1n) is 10.5. The summed E-state index contributed by atoms with van der Waals surface area (Å²) in [6, 6.07) is 6.46. The Kier molecular flexibility index (Phi) is 6.90. The maximum Gasteiger partial charge on any atom is 0.392 e. The van der Waals surface area contributed by atoms with Gasteiger partial charge < -0.3 is 9.64 Å². The molecule has 174 valence electrons. The highest BCUT2D eigenvalue weighted by Gasteiger charge is 2.49. The molecular weight excluding hydrogens is 433 g/mol. The molecule has 6 nitrogen and oxygen atoms in total. The Hall–Kier alpha value is -1.81. The number of benzene rings is 1. The number of alkyl halides is 3. The summed E-state index contributed by atoms with van der Waals surface area (Å²) in [5.41, 5.74) is 0.117. The zero-order valence-corrected chi connectivity index (χ0v) is 18.6. The van der Waals surface area contributed by atoms with Gasteiger partial charge in [-0.1, -0.05) is 13.8 Å². The molecule has 2 aliphatic heterocycles. The van der Waals surface area contributed by atoms with Crippen LogP contribution < -0.4 is 9.64 Å². The fourth-order valence-corrected chi connectivity index (χ4v) is 6.05. The molecule has 0 bridgehead atoms. The van der Waals surface area contributed by atoms with Crippen molar-refractivity contribution in [1.82, 2.24) is 4.31 Å². The van der Waals surface area contributed by atoms with Gasteiger partial charge in [0.25, 0.3) is 0 Å². The van der Waals surface area contributed by atoms with Crippen molar-refractivity contribution in [2.75, 3.05) is 36.9 Å². The number of hydrogen-bond donors (Lipinski definition) is 0. The highest BCUT2D eigenvalue weighted by molar-refractivity contribution is 7.89. The predicted molar refractivity (Wildman–Crippen MR) is 111 cm³/mol. The molecule has 1 aromatic carbocycles. The van der Waals surface area contributed by atoms with Crippen molar-refractivity contribution in [3.63, 3.8) is 0 Å². The molecular formula is C21H29F3N2O4S. The maximum absolute atomic E-state index is 13.2. The van der Waals surface area contributed by atoms with E-state index in [-0.39, 0.29) is 17.6 Å². The Labute approximate surface area is 181 Å². The molecule has 0 saturated carbocycles. The van der Waals surface area contributed by atoms with Crippen molar-refractivity contribution in [2.45, 2.75) is 45.7 Å². The second-order valence-electron chi connectivity index (χ2n) is 8.77. The Bertz CT molecular complexity index is 877. The normalized spacial score (nSPS) is 20.1. The minimum absolute atomic E-state index is 0.0147. The third-order valence-corrected chi connectivity index (χ3v) is 8.17. The fraction of sp³-hybridized carbons (Fsp3) is 0.667. The van der Waals surface area contributed by atoms with Gasteiger partial charge in [-0.3, -0.25) is 4.79 Å². The van der Waals surface area contributed by atoms with E-state index in [1.165, 1.54) is 4.31 Å². The number of halogens is 3. The Morgan fingerprint density at radius 2 is 1.65 bits per heavy atom. The quantitative estimate of drug-likeness (QED) is 0.618. The Morgan fingerprint density at radius 3 is 2.19 bits per heavy atom. The van der Waals surface area contributed by atoms with Gasteiger partial charge in [0, 0.05) is 25.3 Å². The van der Waals surface area contributed by atoms with E-state index in [2.05, 4.69) is 0 Å². The second-order valence-corrected chi connectivity index (χ2v) is 10.8. The second kappa shape index (κ2) is 8.97. The summed E-state index contributed by atoms with van der Waals surface area (Å²) >= 11 is 0. The number of carbonyl (C=O) groups excluding carboxylic acids is 1. The molecule has 1 aromatic rings. The highest BCUT2D eigenvalue weighted by atomic mass is 32.2. The molecule has 10 heteroatoms. The largest absolute Gasteiger partial charge is 0.493 e. The number of sulfonamides is 1. The van der Waals surface area contributed by atoms with Gasteiger partial charge in [0.05, 0.1) is 24.2 Å². The van der Waals surface area contributed by atoms with E-state index < -0.39 is 34.6 Å². The summed E-state index contributed by atoms with van der Waals surface area (Å²) in [5.74, 6) is 0.458. The van der Waals surface area contributed by atoms with Crippen molar-refractivity contribution in [2.24, 2.45) is 11.3 Å². The zero-order chi connectivity index (χ0) is 22.9. The fourth-order valence-electron chi connectivity index (χ4n) is 4.26. The lowest BCUT2D eigenvalue weighted by molar-refractivity contribution is -0.139. The molecule has 0 atom stereocenters. The van der Waals surface area contributed by atoms with Crippen molar-refractivity contribution in [3.05, 3.63) is 24.3 Å². The van der Waals surface area contributed by atoms with E-state index in [4.69, 9.17) is 4.74 Å². The lowest BCUT2D eigenvalue weighted by atomic mass is 9.77. The van der Waals surface area contributed by atoms with Gasteiger partial charge in [-0.2, -0.15) is 13.2 Å². The standard InChI is InChI=1S/C21H29F3N2O4S/c1-16(2)15-31(28,29)25-11-7-20(8-12-25)9-13-26(19(20)27)17-3-5-18(6-4-17)30-14-10-21(22,23)24/h3-6,16H,7-15H2,1-2H3. The van der Waals surface area contributed by atoms with Gasteiger partial charge in [0.2, 0.25) is 15.9 Å². The lowest BCUT2D eigenvalue weighted by Crippen LogP contribution is -2.47. The van der Waals surface area contributed by atoms with Crippen LogP contribution in [0.4, 0.5) is 18.9 Å². The van der Waals surface area contributed by atoms with E-state index in [1.54, 1.807) is 29.2 Å². The number of rotatable bonds is 7. The van der Waals surface area contributed by atoms with Crippen molar-refractivity contribution in [1.29, 1.82) is 0 Å². The molecule has 0 N–H and O–H groups in total. The summed E-state index contributed by atoms with van der Waals surface area (Å²) in [6.45, 7) is 4.51. The van der Waals surface area contributed by atoms with Crippen LogP contribution in [0.3, 0.4) is 0 Å². The van der Waals surface area contributed by atoms with Crippen molar-refractivity contribution >= 4 is 21.6 Å². The molecule has 0 aliphatic carbocycles. The minimum atomic E-state index is -4.26. The molecule has 3 rings (SSSR count). The molecule has 0 radical (unpaired) electrons. The molecule has 0 aromatic heterocycles. The maximum atomic E-state index is 13.2. The Balaban J connectivity index is 1.59. The van der Waals surface area contributed by atoms with Crippen LogP contribution in [-0.4, -0.2) is 56.8 Å². The van der Waals surface area contributed by atoms with Crippen LogP contribution in [-0.2, 0) is 14.8 Å². The summed E-state index contributed by atoms with van der Waals surface area (Å²) < 4.78 is 68.3. The van der Waals surface area contributed by atoms with Gasteiger partial charge in [0.1, 0.15) is 5.75 Å². The molecule has 2 heterocycles. The smallest absolute Gasteiger partial charge is 0.392 e. The zero-order valence-electron chi connectivity index (χ0n) is 17.8. The lowest BCUT2D eigenvalue weighted by Gasteiger charge is -2.37. The number of piperidine rings is 1. The molecule has 31 heavy (non-hydrogen) atoms. The number of amides is 1. The van der Waals surface area contributed by atoms with Gasteiger partial charge in [-0.25, -0.2) is 12.7 Å². The first-order valence-corrected chi connectivity index (χ1v) is 12.1. The molecule has 2 aliphatic rings. The van der Waals surface area contributed by atoms with Gasteiger partial charge >= 0.3 is 6.18 Å². The van der Waals surface area contributed by atoms with Crippen LogP contribution in [0, 0.1) is 11.3 Å². The average Bonchev–Trinajstić information content (AvgIpc) is 2.97. The summed E-state index contributed by atoms with van der Waals surface area (Å²) in [5, 5.41) is 0. The van der Waals surface area contributed by atoms with Crippen LogP contribution in [0.15, 0.2) is 24.3 Å². The topological polar surface area (TPSA) is 66.9 Å². The van der Waals surface area contributed by atoms with E-state index in [0.29, 0.717) is 50.3 Å². The molecule has 1 amide bonds. The van der Waals surface area contributed by atoms with E-state index in [1.807, 2.05) is 13.8 Å². The SMILES string of the molecule is CC(C)CS(=O)(=O)N1CCC2(CCN(c3ccc(OCCC(F)(F)F)cc3)C2=O)CC1. The predicted octanol–water partition coefficient (Wildman–Crippen LogP) is 3.82. The molecule has 2 saturated heterocycles. The number of carbonyl (C=O) groups is 1. The Morgan fingerprint density at radius 1 is 1.06 bits per heavy atom. The minimum Gasteiger partial charge on any atom is -0.493 e. The number of nitrogens with zero attached hydrogens (tertiary/aromatic N) is 2. The molecule has 0 unspecified atom stereocenters. The number of hydrogen-bond acceptors (Lipinski definition) is 4. The van der Waals surface area contributed by atoms with Gasteiger partial charge in [0.15, 0.2) is 0 Å². The van der Waals surface area contributed by atoms with Crippen LogP contribution >= 0.6 is 0 Å². The van der Waals surface area contributed by atoms with Crippen molar-refractivity contribution < 1.29 is 31.1 Å². The first-order chi connectivity index (χ1) is 14.4. The first kappa shape index (κ1) is 23.8. The van der Waals surface area contributed by atoms with Crippen LogP contribution in [0.2, 0.25) is 0 Å². The summed E-state index contributed by atoms with van der Waals surface area (Å²) in [7, 11) is -3.31. The van der Waals surface area contributed by atoms with E-state index >= 15 is 0 Å². The summed E-state index contributed by atoms with van der Waals surface area (Å²) in [6.07, 6.45) is -3.63. The number of ether oxygens (including phenoxy) is 1. The summed E-state index contributed by atoms with van der Waals surface area (Å²) in [4.78, 5) is 14.9. The molecule has 1 spiro atoms. The van der Waals surface area contributed by atoms with Crippen LogP contribution in [0.25, 0.3) is 0 Å². The number of anilines is 1. The van der Waals surface area contributed by atoms with E-state index in [9.17, 15) is 26.4 Å². The average molecular weight is 463 g/mol. The van der Waals surface area contributed by atoms with Crippen LogP contribution in [0.1, 0.15) is 39.5 Å². The third-order valence-electron chi connectivity index (χ3n) is 5.93. The highest BCUT2D eigenvalue weighted by Crippen LogP contribution is 2.43. The van der Waals surface area contributed by atoms with Gasteiger partial charge in [-0.05, 0) is 49.4 Å². The van der Waals surface area contributed by atoms with Gasteiger partial charge in [-0.15, -0.1) is 0 Å². The molecule has 2 fully saturated rings.